The molecule has 1 atom stereocenters. The van der Waals surface area contributed by atoms with Gasteiger partial charge in [-0.05, 0) is 31.0 Å². The fourth-order valence-electron chi connectivity index (χ4n) is 2.17. The number of halogens is 1. The third-order valence-electron chi connectivity index (χ3n) is 3.33. The molecule has 7 heteroatoms. The van der Waals surface area contributed by atoms with Crippen molar-refractivity contribution < 1.29 is 17.9 Å². The average Bonchev–Trinajstić information content (AvgIpc) is 2.46. The van der Waals surface area contributed by atoms with Gasteiger partial charge in [-0.3, -0.25) is 0 Å². The fourth-order valence-corrected chi connectivity index (χ4v) is 3.01. The van der Waals surface area contributed by atoms with Gasteiger partial charge in [0.1, 0.15) is 6.10 Å². The molecule has 0 fully saturated rings. The molecule has 0 amide bonds. The summed E-state index contributed by atoms with van der Waals surface area (Å²) in [6.07, 6.45) is 4.13. The standard InChI is InChI=1S/C15H14ClNO4S/c1-22(19,20)12-5-6-14(16)13(8-12)15(18)21-11-4-2-3-10(7-11)9-17/h3,5-6,8,11H,2,4,7H2,1H3. The van der Waals surface area contributed by atoms with Gasteiger partial charge in [-0.2, -0.15) is 5.26 Å². The Morgan fingerprint density at radius 1 is 1.45 bits per heavy atom. The van der Waals surface area contributed by atoms with Crippen molar-refractivity contribution in [2.24, 2.45) is 0 Å². The second-order valence-corrected chi connectivity index (χ2v) is 7.49. The van der Waals surface area contributed by atoms with Crippen LogP contribution in [0, 0.1) is 11.3 Å². The van der Waals surface area contributed by atoms with Crippen LogP contribution in [0.3, 0.4) is 0 Å². The molecule has 0 spiro atoms. The molecular formula is C15H14ClNO4S. The van der Waals surface area contributed by atoms with E-state index in [1.165, 1.54) is 18.2 Å². The molecule has 2 rings (SSSR count). The van der Waals surface area contributed by atoms with E-state index in [2.05, 4.69) is 6.07 Å². The summed E-state index contributed by atoms with van der Waals surface area (Å²) in [5.74, 6) is -0.681. The van der Waals surface area contributed by atoms with E-state index in [4.69, 9.17) is 21.6 Å². The second kappa shape index (κ2) is 6.51. The fraction of sp³-hybridized carbons (Fsp3) is 0.333. The second-order valence-electron chi connectivity index (χ2n) is 5.06. The zero-order valence-corrected chi connectivity index (χ0v) is 13.4. The molecule has 116 valence electrons. The molecule has 0 aliphatic heterocycles. The number of sulfone groups is 1. The maximum absolute atomic E-state index is 12.2. The monoisotopic (exact) mass is 339 g/mol. The van der Waals surface area contributed by atoms with Crippen LogP contribution in [0.2, 0.25) is 5.02 Å². The van der Waals surface area contributed by atoms with Gasteiger partial charge in [-0.25, -0.2) is 13.2 Å². The summed E-state index contributed by atoms with van der Waals surface area (Å²) in [6, 6.07) is 5.96. The van der Waals surface area contributed by atoms with Crippen molar-refractivity contribution in [1.82, 2.24) is 0 Å². The van der Waals surface area contributed by atoms with Crippen molar-refractivity contribution in [2.75, 3.05) is 6.26 Å². The van der Waals surface area contributed by atoms with Crippen LogP contribution in [0.1, 0.15) is 29.6 Å². The maximum Gasteiger partial charge on any atom is 0.339 e. The minimum atomic E-state index is -3.44. The zero-order chi connectivity index (χ0) is 16.3. The number of nitriles is 1. The van der Waals surface area contributed by atoms with Crippen molar-refractivity contribution in [2.45, 2.75) is 30.3 Å². The molecule has 0 aromatic heterocycles. The lowest BCUT2D eigenvalue weighted by Crippen LogP contribution is -2.21. The summed E-state index contributed by atoms with van der Waals surface area (Å²) in [5, 5.41) is 9.01. The van der Waals surface area contributed by atoms with Gasteiger partial charge in [0.15, 0.2) is 9.84 Å². The Morgan fingerprint density at radius 3 is 2.82 bits per heavy atom. The highest BCUT2D eigenvalue weighted by Crippen LogP contribution is 2.25. The minimum absolute atomic E-state index is 0.00473. The summed E-state index contributed by atoms with van der Waals surface area (Å²) < 4.78 is 28.5. The molecule has 1 aromatic rings. The number of esters is 1. The van der Waals surface area contributed by atoms with E-state index in [1.54, 1.807) is 0 Å². The van der Waals surface area contributed by atoms with Gasteiger partial charge in [0, 0.05) is 18.2 Å². The molecule has 0 bridgehead atoms. The van der Waals surface area contributed by atoms with E-state index >= 15 is 0 Å². The van der Waals surface area contributed by atoms with Crippen LogP contribution in [0.5, 0.6) is 0 Å². The number of ether oxygens (including phenoxy) is 1. The summed E-state index contributed by atoms with van der Waals surface area (Å²) in [4.78, 5) is 12.2. The predicted molar refractivity (Wildman–Crippen MR) is 81.3 cm³/mol. The molecule has 0 radical (unpaired) electrons. The van der Waals surface area contributed by atoms with E-state index in [9.17, 15) is 13.2 Å². The third kappa shape index (κ3) is 3.87. The van der Waals surface area contributed by atoms with Crippen LogP contribution >= 0.6 is 11.6 Å². The number of nitrogens with zero attached hydrogens (tertiary/aromatic N) is 1. The van der Waals surface area contributed by atoms with Gasteiger partial charge in [-0.1, -0.05) is 17.7 Å². The van der Waals surface area contributed by atoms with E-state index in [-0.39, 0.29) is 15.5 Å². The van der Waals surface area contributed by atoms with Crippen LogP contribution in [0.15, 0.2) is 34.7 Å². The van der Waals surface area contributed by atoms with Crippen LogP contribution in [-0.2, 0) is 14.6 Å². The van der Waals surface area contributed by atoms with E-state index < -0.39 is 21.9 Å². The molecule has 0 N–H and O–H groups in total. The number of benzene rings is 1. The highest BCUT2D eigenvalue weighted by atomic mass is 35.5. The first-order valence-corrected chi connectivity index (χ1v) is 8.88. The Morgan fingerprint density at radius 2 is 2.18 bits per heavy atom. The topological polar surface area (TPSA) is 84.2 Å². The first-order valence-electron chi connectivity index (χ1n) is 6.61. The highest BCUT2D eigenvalue weighted by Gasteiger charge is 2.23. The van der Waals surface area contributed by atoms with Crippen LogP contribution in [-0.4, -0.2) is 26.7 Å². The number of carbonyl (C=O) groups excluding carboxylic acids is 1. The SMILES string of the molecule is CS(=O)(=O)c1ccc(Cl)c(C(=O)OC2CCC=C(C#N)C2)c1. The lowest BCUT2D eigenvalue weighted by Gasteiger charge is -2.20. The summed E-state index contributed by atoms with van der Waals surface area (Å²) >= 11 is 5.96. The van der Waals surface area contributed by atoms with Crippen molar-refractivity contribution in [3.8, 4) is 6.07 Å². The van der Waals surface area contributed by atoms with E-state index in [0.29, 0.717) is 24.8 Å². The molecule has 1 unspecified atom stereocenters. The molecule has 22 heavy (non-hydrogen) atoms. The summed E-state index contributed by atoms with van der Waals surface area (Å²) in [6.45, 7) is 0. The summed E-state index contributed by atoms with van der Waals surface area (Å²) in [5.41, 5.74) is 0.595. The molecule has 1 aliphatic rings. The number of allylic oxidation sites excluding steroid dienone is 1. The Kier molecular flexibility index (Phi) is 4.89. The van der Waals surface area contributed by atoms with Gasteiger partial charge in [0.2, 0.25) is 0 Å². The van der Waals surface area contributed by atoms with Gasteiger partial charge >= 0.3 is 5.97 Å². The van der Waals surface area contributed by atoms with Crippen molar-refractivity contribution in [3.63, 3.8) is 0 Å². The van der Waals surface area contributed by atoms with Crippen molar-refractivity contribution in [3.05, 3.63) is 40.4 Å². The first-order chi connectivity index (χ1) is 10.3. The predicted octanol–water partition coefficient (Wildman–Crippen LogP) is 2.90. The minimum Gasteiger partial charge on any atom is -0.458 e. The molecule has 0 saturated heterocycles. The Labute approximate surface area is 134 Å². The smallest absolute Gasteiger partial charge is 0.339 e. The molecule has 5 nitrogen and oxygen atoms in total. The van der Waals surface area contributed by atoms with Crippen molar-refractivity contribution in [1.29, 1.82) is 5.26 Å². The molecule has 1 aliphatic carbocycles. The number of hydrogen-bond acceptors (Lipinski definition) is 5. The van der Waals surface area contributed by atoms with E-state index in [1.807, 2.05) is 6.08 Å². The number of hydrogen-bond donors (Lipinski definition) is 0. The Hall–Kier alpha value is -1.84. The highest BCUT2D eigenvalue weighted by molar-refractivity contribution is 7.90. The summed E-state index contributed by atoms with van der Waals surface area (Å²) in [7, 11) is -3.44. The molecule has 0 heterocycles. The van der Waals surface area contributed by atoms with Crippen LogP contribution < -0.4 is 0 Å². The van der Waals surface area contributed by atoms with Gasteiger partial charge in [0.05, 0.1) is 21.6 Å². The lowest BCUT2D eigenvalue weighted by atomic mass is 9.98. The Balaban J connectivity index is 2.20. The van der Waals surface area contributed by atoms with Crippen LogP contribution in [0.25, 0.3) is 0 Å². The zero-order valence-electron chi connectivity index (χ0n) is 11.9. The molecule has 0 saturated carbocycles. The normalized spacial score (nSPS) is 18.2. The van der Waals surface area contributed by atoms with Gasteiger partial charge < -0.3 is 4.74 Å². The number of carbonyl (C=O) groups is 1. The van der Waals surface area contributed by atoms with E-state index in [0.717, 1.165) is 6.26 Å². The Bertz CT molecular complexity index is 777. The lowest BCUT2D eigenvalue weighted by molar-refractivity contribution is 0.0278. The van der Waals surface area contributed by atoms with Gasteiger partial charge in [-0.15, -0.1) is 0 Å². The molecule has 1 aromatic carbocycles. The largest absolute Gasteiger partial charge is 0.458 e. The maximum atomic E-state index is 12.2. The quantitative estimate of drug-likeness (QED) is 0.790. The third-order valence-corrected chi connectivity index (χ3v) is 4.77. The van der Waals surface area contributed by atoms with Crippen LogP contribution in [0.4, 0.5) is 0 Å². The average molecular weight is 340 g/mol. The number of rotatable bonds is 3. The van der Waals surface area contributed by atoms with Gasteiger partial charge in [0.25, 0.3) is 0 Å². The first kappa shape index (κ1) is 16.5. The molecular weight excluding hydrogens is 326 g/mol. The van der Waals surface area contributed by atoms with Crippen molar-refractivity contribution >= 4 is 27.4 Å².